The molecule has 3 aliphatic rings. The number of fused-ring (bicyclic) bond motifs is 10. The Kier molecular flexibility index (Phi) is 40.7. The Morgan fingerprint density at radius 1 is 0.379 bits per heavy atom. The van der Waals surface area contributed by atoms with Crippen LogP contribution in [0.5, 0.6) is 0 Å². The second kappa shape index (κ2) is 52.5. The first-order chi connectivity index (χ1) is 68.4. The Morgan fingerprint density at radius 3 is 1.24 bits per heavy atom. The SMILES string of the molecule is CC(=O)c1ccc2c(ccc[n+]2O)c1.CC(=O)c1ccc2nc(Cl)ccc2c1.CC(=O)c1ccc2nccc(Cl)c2c1.Cl.O=C(O)c1ccc2[nH]ccc(=O)c2c1.O=C(O)c1ccc2[nH]ccc(=O)c2c1.O=C(O)c1ccc2nccc(Cl)c2c1.O=C(O)c1ccc2nccc(Cl)c2c1.O=C(O)c1ccc2ncccc2c1.O=C1C=CC2C=C(C(=O)O)C=CC2C1.O=C1C=Cc2cc(C(=O)O)ccc2C1.O=P(Cl)(Cl)Cl. The van der Waals surface area contributed by atoms with Gasteiger partial charge >= 0.3 is 47.0 Å². The lowest BCUT2D eigenvalue weighted by atomic mass is 9.79. The lowest BCUT2D eigenvalue weighted by Crippen LogP contribution is -2.29. The van der Waals surface area contributed by atoms with E-state index in [4.69, 9.17) is 82.1 Å². The van der Waals surface area contributed by atoms with Gasteiger partial charge in [0.2, 0.25) is 6.20 Å². The van der Waals surface area contributed by atoms with Gasteiger partial charge in [-0.15, -0.1) is 12.4 Å². The minimum absolute atomic E-state index is 0. The summed E-state index contributed by atoms with van der Waals surface area (Å²) in [6.07, 6.45) is 23.5. The number of nitrogens with one attached hydrogen (secondary N) is 2. The summed E-state index contributed by atoms with van der Waals surface area (Å²) < 4.78 is 10.6. The highest BCUT2D eigenvalue weighted by Gasteiger charge is 2.26. The Balaban J connectivity index is 0.000000178. The standard InChI is InChI=1S/2C11H8ClNO.C11H10NO2.C11H10O3.C11H8O3.2C10H6ClNO2.2C10H7NO3.C10H7NO2.Cl3OP.ClH/c1-7(14)8-2-4-10-9(6-8)3-5-11(12)13-10;1-7(14)8-2-3-11-9(6-8)10(12)4-5-13-11;1-8(13)9-4-5-11-10(7-9)3-2-6-12(11)14;2*12-10-4-3-7-5-9(11(13)14)2-1-8(7)6-10;2*11-8-3-4-12-9-2-1-6(10(13)14)5-7(8)9;2*12-9-3-4-11-8-2-1-6(10(13)14)5-7(8)9;12-10(13)8-3-4-9-7(6-8)2-1-5-11-9;1-5(2,3)4;/h2*2-6H,1H3;2-7,14H,1H3;1-5,7-8H,6H2,(H,13,14);1-5H,6H2,(H,13,14);2*1-5H,(H,13,14);2*1-5H,(H,11,12)(H,13,14);1-6H,(H,12,13);;1H/q;;+1;;;;;;;;;. The Bertz CT molecular complexity index is 7910. The molecule has 17 aromatic rings. The number of pyridine rings is 8. The van der Waals surface area contributed by atoms with Crippen LogP contribution in [0, 0.1) is 11.8 Å². The van der Waals surface area contributed by atoms with E-state index in [2.05, 4.69) is 68.6 Å². The van der Waals surface area contributed by atoms with E-state index >= 15 is 0 Å². The summed E-state index contributed by atoms with van der Waals surface area (Å²) >= 11 is 37.4. The maximum absolute atomic E-state index is 11.3. The molecule has 8 heterocycles. The number of nitrogens with zero attached hydrogens (tertiary/aromatic N) is 6. The third-order valence-electron chi connectivity index (χ3n) is 20.9. The van der Waals surface area contributed by atoms with Crippen molar-refractivity contribution < 1.29 is 108 Å². The van der Waals surface area contributed by atoms with Gasteiger partial charge in [-0.05, 0) is 278 Å². The van der Waals surface area contributed by atoms with Crippen LogP contribution in [0.1, 0.15) is 132 Å². The molecule has 31 nitrogen and oxygen atoms in total. The molecule has 8 aromatic heterocycles. The molecule has 9 aromatic carbocycles. The zero-order chi connectivity index (χ0) is 105. The first kappa shape index (κ1) is 112. The number of halogens is 8. The molecule has 2 unspecified atom stereocenters. The Hall–Kier alpha value is -16.2. The normalized spacial score (nSPS) is 12.5. The molecule has 10 N–H and O–H groups in total. The molecule has 0 radical (unpaired) electrons. The van der Waals surface area contributed by atoms with Gasteiger partial charge in [0.1, 0.15) is 5.15 Å². The van der Waals surface area contributed by atoms with E-state index in [1.807, 2.05) is 30.3 Å². The summed E-state index contributed by atoms with van der Waals surface area (Å²) in [4.78, 5) is 179. The van der Waals surface area contributed by atoms with Gasteiger partial charge in [-0.2, -0.15) is 0 Å². The zero-order valence-electron chi connectivity index (χ0n) is 75.5. The van der Waals surface area contributed by atoms with Crippen molar-refractivity contribution in [1.82, 2.24) is 34.9 Å². The third kappa shape index (κ3) is 32.9. The third-order valence-corrected chi connectivity index (χ3v) is 22.1. The van der Waals surface area contributed by atoms with Crippen molar-refractivity contribution in [2.24, 2.45) is 11.8 Å². The summed E-state index contributed by atoms with van der Waals surface area (Å²) in [5, 5.41) is 75.1. The smallest absolute Gasteiger partial charge is 0.339 e. The number of carboxylic acids is 7. The van der Waals surface area contributed by atoms with E-state index in [0.29, 0.717) is 110 Å². The van der Waals surface area contributed by atoms with Gasteiger partial charge in [-0.1, -0.05) is 88.9 Å². The molecule has 0 aliphatic heterocycles. The van der Waals surface area contributed by atoms with Crippen molar-refractivity contribution in [1.29, 1.82) is 0 Å². The number of ketones is 5. The molecule has 2 atom stereocenters. The molecular weight excluding hydrogens is 2060 g/mol. The highest BCUT2D eigenvalue weighted by Crippen LogP contribution is 2.61. The van der Waals surface area contributed by atoms with Gasteiger partial charge in [0, 0.05) is 150 Å². The molecule has 0 spiro atoms. The predicted molar refractivity (Wildman–Crippen MR) is 558 cm³/mol. The quantitative estimate of drug-likeness (QED) is 0.0200. The van der Waals surface area contributed by atoms with Crippen molar-refractivity contribution in [2.45, 2.75) is 33.6 Å². The van der Waals surface area contributed by atoms with Crippen LogP contribution >= 0.6 is 97.7 Å². The molecule has 0 amide bonds. The summed E-state index contributed by atoms with van der Waals surface area (Å²) in [5.74, 6) is -6.25. The van der Waals surface area contributed by atoms with Gasteiger partial charge in [0.05, 0.1) is 87.0 Å². The van der Waals surface area contributed by atoms with Gasteiger partial charge in [0.25, 0.3) is 5.52 Å². The van der Waals surface area contributed by atoms with Crippen LogP contribution in [0.15, 0.2) is 326 Å². The van der Waals surface area contributed by atoms with Crippen LogP contribution in [0.3, 0.4) is 0 Å². The molecule has 145 heavy (non-hydrogen) atoms. The average Bonchev–Trinajstić information content (AvgIpc) is 0.705. The van der Waals surface area contributed by atoms with Crippen molar-refractivity contribution in [2.75, 3.05) is 0 Å². The summed E-state index contributed by atoms with van der Waals surface area (Å²) in [6, 6.07) is 62.3. The topological polar surface area (TPSA) is 518 Å². The number of aliphatic carboxylic acids is 1. The van der Waals surface area contributed by atoms with Crippen molar-refractivity contribution in [3.63, 3.8) is 0 Å². The van der Waals surface area contributed by atoms with Crippen LogP contribution in [0.4, 0.5) is 0 Å². The number of hydrogen-bond acceptors (Lipinski definition) is 21. The van der Waals surface area contributed by atoms with Crippen LogP contribution in [0.25, 0.3) is 93.3 Å². The molecule has 3 aliphatic carbocycles. The number of carbonyl (C=O) groups excluding carboxylic acids is 5. The molecule has 0 fully saturated rings. The maximum atomic E-state index is 11.3. The van der Waals surface area contributed by atoms with Gasteiger partial charge in [-0.25, -0.2) is 38.5 Å². The highest BCUT2D eigenvalue weighted by atomic mass is 36.0. The molecule has 20 rings (SSSR count). The molecule has 0 saturated carbocycles. The van der Waals surface area contributed by atoms with E-state index in [-0.39, 0.29) is 91.8 Å². The first-order valence-corrected chi connectivity index (χ1v) is 48.0. The largest absolute Gasteiger partial charge is 0.478 e. The lowest BCUT2D eigenvalue weighted by molar-refractivity contribution is -0.884. The number of H-pyrrole nitrogens is 2. The van der Waals surface area contributed by atoms with E-state index in [9.17, 15) is 76.9 Å². The second-order valence-electron chi connectivity index (χ2n) is 30.7. The number of carbonyl (C=O) groups is 12. The van der Waals surface area contributed by atoms with E-state index < -0.39 is 47.0 Å². The molecule has 40 heteroatoms. The minimum atomic E-state index is -3.22. The number of aromatic amines is 2. The van der Waals surface area contributed by atoms with Crippen LogP contribution in [-0.4, -0.2) is 147 Å². The fraction of sp³-hybridized carbons (Fsp3) is 0.0667. The fourth-order valence-corrected chi connectivity index (χ4v) is 14.4. The highest BCUT2D eigenvalue weighted by molar-refractivity contribution is 8.24. The van der Waals surface area contributed by atoms with Gasteiger partial charge in [0.15, 0.2) is 39.8 Å². The summed E-state index contributed by atoms with van der Waals surface area (Å²) in [7, 11) is 0. The fourth-order valence-electron chi connectivity index (χ4n) is 13.7. The van der Waals surface area contributed by atoms with Gasteiger partial charge in [-0.3, -0.25) is 63.3 Å². The summed E-state index contributed by atoms with van der Waals surface area (Å²) in [6.45, 7) is 4.60. The number of Topliss-reactive ketones (excluding diaryl/α,β-unsaturated/α-hetero) is 3. The number of carboxylic acid groups (broad SMARTS) is 7. The number of hydrogen-bond donors (Lipinski definition) is 10. The van der Waals surface area contributed by atoms with E-state index in [1.54, 1.807) is 202 Å². The van der Waals surface area contributed by atoms with E-state index in [1.165, 1.54) is 105 Å². The van der Waals surface area contributed by atoms with Crippen molar-refractivity contribution >= 4 is 262 Å². The number of aromatic nitrogens is 8. The second-order valence-corrected chi connectivity index (χ2v) is 39.0. The van der Waals surface area contributed by atoms with Crippen molar-refractivity contribution in [3.05, 3.63) is 418 Å². The Labute approximate surface area is 861 Å². The Morgan fingerprint density at radius 2 is 0.766 bits per heavy atom. The molecule has 0 bridgehead atoms. The number of allylic oxidation sites excluding steroid dienone is 5. The molecule has 0 saturated heterocycles. The van der Waals surface area contributed by atoms with Crippen LogP contribution < -0.4 is 15.6 Å². The minimum Gasteiger partial charge on any atom is -0.478 e. The summed E-state index contributed by atoms with van der Waals surface area (Å²) in [5.41, 5.74) is 10.7. The molecular formula is C105H78Cl8N8O23P+. The number of rotatable bonds is 10. The number of benzene rings is 9. The van der Waals surface area contributed by atoms with Crippen LogP contribution in [-0.2, 0) is 25.4 Å². The zero-order valence-corrected chi connectivity index (χ0v) is 82.5. The monoisotopic (exact) mass is 2130 g/mol. The van der Waals surface area contributed by atoms with Crippen molar-refractivity contribution in [3.8, 4) is 0 Å². The maximum Gasteiger partial charge on any atom is 0.339 e. The van der Waals surface area contributed by atoms with Crippen LogP contribution in [0.2, 0.25) is 20.2 Å². The predicted octanol–water partition coefficient (Wildman–Crippen LogP) is 23.4. The number of aromatic carboxylic acids is 6. The van der Waals surface area contributed by atoms with Gasteiger partial charge < -0.3 is 45.7 Å². The lowest BCUT2D eigenvalue weighted by Gasteiger charge is -2.24. The average molecular weight is 2130 g/mol. The first-order valence-electron chi connectivity index (χ1n) is 42.1. The van der Waals surface area contributed by atoms with E-state index in [0.717, 1.165) is 54.0 Å². The molecule has 736 valence electrons.